The zero-order valence-corrected chi connectivity index (χ0v) is 16.0. The van der Waals surface area contributed by atoms with Crippen molar-refractivity contribution in [1.82, 2.24) is 5.32 Å². The summed E-state index contributed by atoms with van der Waals surface area (Å²) < 4.78 is 10.8. The lowest BCUT2D eigenvalue weighted by atomic mass is 9.98. The van der Waals surface area contributed by atoms with Crippen LogP contribution in [0.2, 0.25) is 0 Å². The van der Waals surface area contributed by atoms with Crippen molar-refractivity contribution >= 4 is 7.60 Å². The van der Waals surface area contributed by atoms with Crippen LogP contribution in [0.5, 0.6) is 0 Å². The molecule has 3 rings (SSSR count). The predicted molar refractivity (Wildman–Crippen MR) is 111 cm³/mol. The Hall–Kier alpha value is -2.23. The van der Waals surface area contributed by atoms with Crippen molar-refractivity contribution in [3.63, 3.8) is 0 Å². The minimum atomic E-state index is -3.88. The fourth-order valence-electron chi connectivity index (χ4n) is 2.97. The normalized spacial score (nSPS) is 11.5. The van der Waals surface area contributed by atoms with E-state index in [1.165, 1.54) is 16.7 Å². The van der Waals surface area contributed by atoms with Crippen LogP contribution in [0.15, 0.2) is 78.9 Å². The lowest BCUT2D eigenvalue weighted by Gasteiger charge is -2.09. The highest BCUT2D eigenvalue weighted by molar-refractivity contribution is 7.51. The maximum absolute atomic E-state index is 10.8. The molecule has 27 heavy (non-hydrogen) atoms. The van der Waals surface area contributed by atoms with Crippen LogP contribution < -0.4 is 5.32 Å². The van der Waals surface area contributed by atoms with E-state index in [9.17, 15) is 4.57 Å². The molecule has 0 fully saturated rings. The zero-order valence-electron chi connectivity index (χ0n) is 15.1. The Morgan fingerprint density at radius 1 is 0.741 bits per heavy atom. The van der Waals surface area contributed by atoms with Gasteiger partial charge in [0.15, 0.2) is 0 Å². The van der Waals surface area contributed by atoms with Gasteiger partial charge in [-0.25, -0.2) is 0 Å². The van der Waals surface area contributed by atoms with E-state index in [1.807, 2.05) is 18.2 Å². The number of nitrogens with one attached hydrogen (secondary N) is 1. The Bertz CT molecular complexity index is 904. The van der Waals surface area contributed by atoms with Gasteiger partial charge in [-0.2, -0.15) is 0 Å². The first-order chi connectivity index (χ1) is 13.0. The van der Waals surface area contributed by atoms with Crippen molar-refractivity contribution in [2.75, 3.05) is 12.7 Å². The van der Waals surface area contributed by atoms with Gasteiger partial charge in [0, 0.05) is 6.54 Å². The van der Waals surface area contributed by atoms with E-state index in [-0.39, 0.29) is 6.16 Å². The van der Waals surface area contributed by atoms with Gasteiger partial charge in [-0.15, -0.1) is 0 Å². The molecule has 3 N–H and O–H groups in total. The van der Waals surface area contributed by atoms with Crippen LogP contribution >= 0.6 is 7.60 Å². The van der Waals surface area contributed by atoms with Crippen molar-refractivity contribution < 1.29 is 14.4 Å². The number of benzene rings is 3. The van der Waals surface area contributed by atoms with Gasteiger partial charge < -0.3 is 15.1 Å². The quantitative estimate of drug-likeness (QED) is 0.391. The minimum absolute atomic E-state index is 0.0727. The summed E-state index contributed by atoms with van der Waals surface area (Å²) in [6.07, 6.45) is 0.394. The van der Waals surface area contributed by atoms with E-state index in [2.05, 4.69) is 66.0 Å². The monoisotopic (exact) mass is 381 g/mol. The van der Waals surface area contributed by atoms with Crippen molar-refractivity contribution in [2.45, 2.75) is 13.0 Å². The summed E-state index contributed by atoms with van der Waals surface area (Å²) in [5.41, 5.74) is 5.89. The maximum atomic E-state index is 10.8. The van der Waals surface area contributed by atoms with Gasteiger partial charge in [-0.3, -0.25) is 4.57 Å². The Balaban J connectivity index is 1.60. The summed E-state index contributed by atoms with van der Waals surface area (Å²) in [5.74, 6) is 0. The summed E-state index contributed by atoms with van der Waals surface area (Å²) in [6, 6.07) is 27.2. The molecule has 0 spiro atoms. The van der Waals surface area contributed by atoms with E-state index in [0.717, 1.165) is 11.1 Å². The van der Waals surface area contributed by atoms with Gasteiger partial charge in [-0.05, 0) is 46.8 Å². The minimum Gasteiger partial charge on any atom is -0.324 e. The van der Waals surface area contributed by atoms with Gasteiger partial charge in [0.2, 0.25) is 0 Å². The highest BCUT2D eigenvalue weighted by Crippen LogP contribution is 2.34. The van der Waals surface area contributed by atoms with Crippen LogP contribution in [0, 0.1) is 0 Å². The second-order valence-electron chi connectivity index (χ2n) is 6.56. The summed E-state index contributed by atoms with van der Waals surface area (Å²) in [5, 5.41) is 3.22. The Labute approximate surface area is 160 Å². The number of hydrogen-bond acceptors (Lipinski definition) is 2. The molecule has 0 unspecified atom stereocenters. The molecule has 0 aromatic heterocycles. The average Bonchev–Trinajstić information content (AvgIpc) is 2.68. The average molecular weight is 381 g/mol. The molecular weight excluding hydrogens is 357 g/mol. The summed E-state index contributed by atoms with van der Waals surface area (Å²) in [6.45, 7) is 1.28. The third-order valence-electron chi connectivity index (χ3n) is 4.39. The molecule has 0 aliphatic rings. The fraction of sp³-hybridized carbons (Fsp3) is 0.182. The second kappa shape index (κ2) is 9.12. The van der Waals surface area contributed by atoms with Gasteiger partial charge in [-0.1, -0.05) is 72.8 Å². The Morgan fingerprint density at radius 2 is 1.33 bits per heavy atom. The van der Waals surface area contributed by atoms with Crippen LogP contribution in [0.4, 0.5) is 0 Å². The third-order valence-corrected chi connectivity index (χ3v) is 5.29. The number of rotatable bonds is 8. The Morgan fingerprint density at radius 3 is 1.96 bits per heavy atom. The van der Waals surface area contributed by atoms with Gasteiger partial charge in [0.05, 0.1) is 6.16 Å². The molecule has 0 aliphatic heterocycles. The van der Waals surface area contributed by atoms with Crippen molar-refractivity contribution in [3.05, 3.63) is 84.4 Å². The molecule has 0 atom stereocenters. The number of hydrogen-bond donors (Lipinski definition) is 3. The lowest BCUT2D eigenvalue weighted by Crippen LogP contribution is -2.15. The van der Waals surface area contributed by atoms with Crippen LogP contribution in [0.3, 0.4) is 0 Å². The lowest BCUT2D eigenvalue weighted by molar-refractivity contribution is 0.371. The molecule has 0 heterocycles. The summed E-state index contributed by atoms with van der Waals surface area (Å²) >= 11 is 0. The van der Waals surface area contributed by atoms with Crippen molar-refractivity contribution in [3.8, 4) is 22.3 Å². The smallest absolute Gasteiger partial charge is 0.324 e. The van der Waals surface area contributed by atoms with Crippen molar-refractivity contribution in [2.24, 2.45) is 0 Å². The first-order valence-corrected chi connectivity index (χ1v) is 10.8. The molecule has 4 nitrogen and oxygen atoms in total. The first-order valence-electron chi connectivity index (χ1n) is 9.01. The highest BCUT2D eigenvalue weighted by atomic mass is 31.2. The topological polar surface area (TPSA) is 69.6 Å². The van der Waals surface area contributed by atoms with E-state index in [4.69, 9.17) is 9.79 Å². The van der Waals surface area contributed by atoms with Gasteiger partial charge in [0.25, 0.3) is 0 Å². The molecule has 0 saturated carbocycles. The molecule has 0 radical (unpaired) electrons. The zero-order chi connectivity index (χ0) is 19.1. The highest BCUT2D eigenvalue weighted by Gasteiger charge is 2.11. The molecule has 5 heteroatoms. The molecule has 0 aliphatic carbocycles. The van der Waals surface area contributed by atoms with Crippen LogP contribution in [0.1, 0.15) is 12.0 Å². The van der Waals surface area contributed by atoms with E-state index >= 15 is 0 Å². The third kappa shape index (κ3) is 6.16. The molecule has 0 bridgehead atoms. The van der Waals surface area contributed by atoms with Crippen LogP contribution in [0.25, 0.3) is 22.3 Å². The largest absolute Gasteiger partial charge is 0.325 e. The first kappa shape index (κ1) is 19.5. The predicted octanol–water partition coefficient (Wildman–Crippen LogP) is 4.68. The SMILES string of the molecule is O=P(O)(O)CCCNCc1ccc(-c2cccc(-c3ccccc3)c2)cc1. The van der Waals surface area contributed by atoms with Crippen LogP contribution in [-0.2, 0) is 11.1 Å². The molecule has 3 aromatic rings. The maximum Gasteiger partial charge on any atom is 0.325 e. The van der Waals surface area contributed by atoms with E-state index < -0.39 is 7.60 Å². The van der Waals surface area contributed by atoms with E-state index in [0.29, 0.717) is 19.5 Å². The van der Waals surface area contributed by atoms with Crippen molar-refractivity contribution in [1.29, 1.82) is 0 Å². The Kier molecular flexibility index (Phi) is 6.59. The standard InChI is InChI=1S/C22H24NO3P/c24-27(25,26)15-5-14-23-17-18-10-12-20(13-11-18)22-9-4-8-21(16-22)19-6-2-1-3-7-19/h1-4,6-13,16,23H,5,14-15,17H2,(H2,24,25,26). The van der Waals surface area contributed by atoms with Gasteiger partial charge in [0.1, 0.15) is 0 Å². The molecular formula is C22H24NO3P. The molecule has 140 valence electrons. The summed E-state index contributed by atoms with van der Waals surface area (Å²) in [7, 11) is -3.88. The molecule has 3 aromatic carbocycles. The molecule has 0 saturated heterocycles. The fourth-order valence-corrected chi connectivity index (χ4v) is 3.54. The summed E-state index contributed by atoms with van der Waals surface area (Å²) in [4.78, 5) is 17.7. The van der Waals surface area contributed by atoms with Crippen LogP contribution in [-0.4, -0.2) is 22.5 Å². The second-order valence-corrected chi connectivity index (χ2v) is 8.34. The van der Waals surface area contributed by atoms with Gasteiger partial charge >= 0.3 is 7.60 Å². The molecule has 0 amide bonds. The van der Waals surface area contributed by atoms with E-state index in [1.54, 1.807) is 0 Å².